The summed E-state index contributed by atoms with van der Waals surface area (Å²) in [6.07, 6.45) is 9.52. The Kier molecular flexibility index (Phi) is 5.91. The molecule has 2 atom stereocenters. The van der Waals surface area contributed by atoms with Crippen molar-refractivity contribution in [3.05, 3.63) is 35.4 Å². The van der Waals surface area contributed by atoms with Crippen LogP contribution in [0.2, 0.25) is 0 Å². The van der Waals surface area contributed by atoms with E-state index in [4.69, 9.17) is 0 Å². The number of hydrogen-bond acceptors (Lipinski definition) is 1. The van der Waals surface area contributed by atoms with E-state index in [0.717, 1.165) is 12.0 Å². The van der Waals surface area contributed by atoms with Crippen molar-refractivity contribution >= 4 is 0 Å². The summed E-state index contributed by atoms with van der Waals surface area (Å²) in [7, 11) is 0. The third kappa shape index (κ3) is 4.35. The Bertz CT molecular complexity index is 372. The number of aryl methyl sites for hydroxylation is 1. The van der Waals surface area contributed by atoms with Gasteiger partial charge in [-0.3, -0.25) is 0 Å². The van der Waals surface area contributed by atoms with Gasteiger partial charge in [-0.25, -0.2) is 0 Å². The maximum absolute atomic E-state index is 3.80. The molecule has 106 valence electrons. The lowest BCUT2D eigenvalue weighted by molar-refractivity contribution is 0.332. The average molecular weight is 259 g/mol. The fraction of sp³-hybridized carbons (Fsp3) is 0.667. The van der Waals surface area contributed by atoms with Crippen LogP contribution in [-0.2, 0) is 6.42 Å². The first-order valence-electron chi connectivity index (χ1n) is 8.09. The zero-order valence-corrected chi connectivity index (χ0v) is 12.6. The molecule has 1 saturated carbocycles. The van der Waals surface area contributed by atoms with Crippen LogP contribution >= 0.6 is 0 Å². The maximum Gasteiger partial charge on any atom is 0.00985 e. The molecule has 0 aliphatic heterocycles. The summed E-state index contributed by atoms with van der Waals surface area (Å²) in [4.78, 5) is 0. The monoisotopic (exact) mass is 259 g/mol. The Balaban J connectivity index is 2.03. The van der Waals surface area contributed by atoms with Gasteiger partial charge in [0.15, 0.2) is 0 Å². The summed E-state index contributed by atoms with van der Waals surface area (Å²) in [5.41, 5.74) is 3.01. The van der Waals surface area contributed by atoms with Gasteiger partial charge in [-0.05, 0) is 56.2 Å². The van der Waals surface area contributed by atoms with Crippen molar-refractivity contribution in [1.29, 1.82) is 0 Å². The molecule has 0 radical (unpaired) electrons. The van der Waals surface area contributed by atoms with Crippen LogP contribution in [0.3, 0.4) is 0 Å². The molecule has 1 aromatic carbocycles. The molecule has 0 heterocycles. The van der Waals surface area contributed by atoms with E-state index in [1.54, 1.807) is 5.56 Å². The summed E-state index contributed by atoms with van der Waals surface area (Å²) >= 11 is 0. The van der Waals surface area contributed by atoms with Crippen LogP contribution in [0.4, 0.5) is 0 Å². The molecule has 2 rings (SSSR count). The van der Waals surface area contributed by atoms with E-state index >= 15 is 0 Å². The van der Waals surface area contributed by atoms with Gasteiger partial charge in [-0.1, -0.05) is 50.5 Å². The molecule has 0 amide bonds. The van der Waals surface area contributed by atoms with E-state index in [2.05, 4.69) is 43.4 Å². The molecule has 1 nitrogen and oxygen atoms in total. The highest BCUT2D eigenvalue weighted by molar-refractivity contribution is 5.26. The van der Waals surface area contributed by atoms with Crippen LogP contribution in [0.5, 0.6) is 0 Å². The number of benzene rings is 1. The highest BCUT2D eigenvalue weighted by Gasteiger charge is 2.23. The normalized spacial score (nSPS) is 24.1. The Hall–Kier alpha value is -0.820. The maximum atomic E-state index is 3.80. The summed E-state index contributed by atoms with van der Waals surface area (Å²) in [5, 5.41) is 3.80. The lowest BCUT2D eigenvalue weighted by atomic mass is 9.87. The molecule has 1 aliphatic rings. The molecule has 1 heteroatoms. The summed E-state index contributed by atoms with van der Waals surface area (Å²) in [5.74, 6) is 0.829. The van der Waals surface area contributed by atoms with E-state index in [-0.39, 0.29) is 0 Å². The molecular formula is C18H29N. The van der Waals surface area contributed by atoms with Crippen molar-refractivity contribution in [2.24, 2.45) is 5.92 Å². The second kappa shape index (κ2) is 7.69. The molecule has 1 fully saturated rings. The van der Waals surface area contributed by atoms with Gasteiger partial charge in [-0.15, -0.1) is 0 Å². The second-order valence-electron chi connectivity index (χ2n) is 6.09. The number of rotatable bonds is 5. The van der Waals surface area contributed by atoms with Crippen LogP contribution in [-0.4, -0.2) is 12.6 Å². The van der Waals surface area contributed by atoms with Gasteiger partial charge < -0.3 is 5.32 Å². The first-order chi connectivity index (χ1) is 9.31. The predicted molar refractivity (Wildman–Crippen MR) is 83.5 cm³/mol. The fourth-order valence-corrected chi connectivity index (χ4v) is 3.35. The smallest absolute Gasteiger partial charge is 0.00985 e. The molecule has 1 aromatic rings. The Morgan fingerprint density at radius 3 is 2.68 bits per heavy atom. The lowest BCUT2D eigenvalue weighted by Crippen LogP contribution is -2.37. The topological polar surface area (TPSA) is 12.0 Å². The quantitative estimate of drug-likeness (QED) is 0.768. The van der Waals surface area contributed by atoms with E-state index in [1.807, 2.05) is 0 Å². The van der Waals surface area contributed by atoms with Crippen molar-refractivity contribution in [2.45, 2.75) is 64.8 Å². The largest absolute Gasteiger partial charge is 0.314 e. The van der Waals surface area contributed by atoms with Crippen LogP contribution in [0.15, 0.2) is 24.3 Å². The van der Waals surface area contributed by atoms with Gasteiger partial charge in [0, 0.05) is 6.04 Å². The van der Waals surface area contributed by atoms with Crippen LogP contribution in [0, 0.1) is 12.8 Å². The minimum Gasteiger partial charge on any atom is -0.314 e. The lowest BCUT2D eigenvalue weighted by Gasteiger charge is -2.27. The average Bonchev–Trinajstić information content (AvgIpc) is 2.64. The number of nitrogens with one attached hydrogen (secondary N) is 1. The van der Waals surface area contributed by atoms with Gasteiger partial charge >= 0.3 is 0 Å². The summed E-state index contributed by atoms with van der Waals surface area (Å²) in [6.45, 7) is 5.69. The fourth-order valence-electron chi connectivity index (χ4n) is 3.35. The second-order valence-corrected chi connectivity index (χ2v) is 6.09. The van der Waals surface area contributed by atoms with Crippen LogP contribution < -0.4 is 5.32 Å². The number of hydrogen-bond donors (Lipinski definition) is 1. The minimum absolute atomic E-state index is 0.738. The van der Waals surface area contributed by atoms with Gasteiger partial charge in [-0.2, -0.15) is 0 Å². The zero-order chi connectivity index (χ0) is 13.5. The van der Waals surface area contributed by atoms with E-state index in [9.17, 15) is 0 Å². The minimum atomic E-state index is 0.738. The van der Waals surface area contributed by atoms with Gasteiger partial charge in [0.05, 0.1) is 0 Å². The third-order valence-electron chi connectivity index (χ3n) is 4.56. The zero-order valence-electron chi connectivity index (χ0n) is 12.6. The first kappa shape index (κ1) is 14.6. The van der Waals surface area contributed by atoms with Crippen molar-refractivity contribution in [2.75, 3.05) is 6.54 Å². The molecule has 1 N–H and O–H groups in total. The van der Waals surface area contributed by atoms with Gasteiger partial charge in [0.1, 0.15) is 0 Å². The summed E-state index contributed by atoms with van der Waals surface area (Å²) in [6, 6.07) is 9.64. The van der Waals surface area contributed by atoms with Gasteiger partial charge in [0.2, 0.25) is 0 Å². The highest BCUT2D eigenvalue weighted by atomic mass is 14.9. The Morgan fingerprint density at radius 2 is 1.89 bits per heavy atom. The molecule has 0 aromatic heterocycles. The molecular weight excluding hydrogens is 230 g/mol. The van der Waals surface area contributed by atoms with Crippen molar-refractivity contribution in [1.82, 2.24) is 5.32 Å². The van der Waals surface area contributed by atoms with E-state index in [1.165, 1.54) is 57.1 Å². The van der Waals surface area contributed by atoms with Crippen LogP contribution in [0.25, 0.3) is 0 Å². The molecule has 19 heavy (non-hydrogen) atoms. The van der Waals surface area contributed by atoms with E-state index in [0.29, 0.717) is 0 Å². The molecule has 0 spiro atoms. The molecule has 2 unspecified atom stereocenters. The third-order valence-corrected chi connectivity index (χ3v) is 4.56. The molecule has 0 saturated heterocycles. The van der Waals surface area contributed by atoms with Crippen molar-refractivity contribution in [3.8, 4) is 0 Å². The Morgan fingerprint density at radius 1 is 1.11 bits per heavy atom. The highest BCUT2D eigenvalue weighted by Crippen LogP contribution is 2.27. The van der Waals surface area contributed by atoms with Crippen molar-refractivity contribution < 1.29 is 0 Å². The SMILES string of the molecule is CCCNC1CCCCCC1Cc1ccccc1C. The Labute approximate surface area is 118 Å². The van der Waals surface area contributed by atoms with Crippen molar-refractivity contribution in [3.63, 3.8) is 0 Å². The molecule has 1 aliphatic carbocycles. The molecule has 0 bridgehead atoms. The van der Waals surface area contributed by atoms with Crippen LogP contribution in [0.1, 0.15) is 56.6 Å². The van der Waals surface area contributed by atoms with Gasteiger partial charge in [0.25, 0.3) is 0 Å². The standard InChI is InChI=1S/C18H29N/c1-3-13-19-18-12-6-4-5-11-17(18)14-16-10-8-7-9-15(16)2/h7-10,17-19H,3-6,11-14H2,1-2H3. The summed E-state index contributed by atoms with van der Waals surface area (Å²) < 4.78 is 0. The first-order valence-corrected chi connectivity index (χ1v) is 8.09. The van der Waals surface area contributed by atoms with E-state index < -0.39 is 0 Å². The predicted octanol–water partition coefficient (Wildman–Crippen LogP) is 4.49.